The number of nitrogens with zero attached hydrogens (tertiary/aromatic N) is 3. The SMILES string of the molecule is CCN(C)c1cncc(NN)n1. The van der Waals surface area contributed by atoms with Crippen LogP contribution in [-0.4, -0.2) is 23.6 Å². The van der Waals surface area contributed by atoms with Gasteiger partial charge in [-0.1, -0.05) is 0 Å². The molecule has 0 saturated heterocycles. The van der Waals surface area contributed by atoms with Crippen LogP contribution < -0.4 is 16.2 Å². The average Bonchev–Trinajstić information content (AvgIpc) is 2.17. The van der Waals surface area contributed by atoms with Crippen molar-refractivity contribution in [2.75, 3.05) is 23.9 Å². The maximum Gasteiger partial charge on any atom is 0.160 e. The van der Waals surface area contributed by atoms with Crippen molar-refractivity contribution in [2.45, 2.75) is 6.92 Å². The Labute approximate surface area is 71.6 Å². The summed E-state index contributed by atoms with van der Waals surface area (Å²) in [5.41, 5.74) is 2.45. The van der Waals surface area contributed by atoms with E-state index in [0.29, 0.717) is 5.82 Å². The summed E-state index contributed by atoms with van der Waals surface area (Å²) in [4.78, 5) is 10.1. The first-order valence-electron chi connectivity index (χ1n) is 3.77. The van der Waals surface area contributed by atoms with Crippen LogP contribution in [0.2, 0.25) is 0 Å². The molecule has 5 heteroatoms. The number of nitrogen functional groups attached to an aromatic ring is 1. The Hall–Kier alpha value is -1.36. The Bertz CT molecular complexity index is 249. The van der Waals surface area contributed by atoms with Gasteiger partial charge in [0.15, 0.2) is 5.82 Å². The zero-order valence-corrected chi connectivity index (χ0v) is 7.28. The van der Waals surface area contributed by atoms with Crippen LogP contribution in [0.3, 0.4) is 0 Å². The van der Waals surface area contributed by atoms with Crippen molar-refractivity contribution in [3.63, 3.8) is 0 Å². The molecule has 0 bridgehead atoms. The number of hydrogen-bond acceptors (Lipinski definition) is 5. The molecular weight excluding hydrogens is 154 g/mol. The van der Waals surface area contributed by atoms with E-state index in [1.54, 1.807) is 12.4 Å². The second kappa shape index (κ2) is 3.87. The molecule has 0 amide bonds. The molecule has 0 unspecified atom stereocenters. The van der Waals surface area contributed by atoms with Crippen molar-refractivity contribution in [3.8, 4) is 0 Å². The Morgan fingerprint density at radius 1 is 1.58 bits per heavy atom. The normalized spacial score (nSPS) is 9.58. The lowest BCUT2D eigenvalue weighted by molar-refractivity contribution is 0.927. The van der Waals surface area contributed by atoms with E-state index >= 15 is 0 Å². The lowest BCUT2D eigenvalue weighted by Crippen LogP contribution is -2.18. The van der Waals surface area contributed by atoms with Crippen LogP contribution in [0.1, 0.15) is 6.92 Å². The quantitative estimate of drug-likeness (QED) is 0.498. The van der Waals surface area contributed by atoms with E-state index in [9.17, 15) is 0 Å². The second-order valence-corrected chi connectivity index (χ2v) is 2.42. The van der Waals surface area contributed by atoms with E-state index in [-0.39, 0.29) is 0 Å². The van der Waals surface area contributed by atoms with Gasteiger partial charge < -0.3 is 10.3 Å². The Balaban J connectivity index is 2.86. The number of aromatic nitrogens is 2. The molecule has 0 aliphatic rings. The standard InChI is InChI=1S/C7H13N5/c1-3-12(2)7-5-9-4-6(10-7)11-8/h4-5H,3,8H2,1-2H3,(H,10,11). The van der Waals surface area contributed by atoms with E-state index in [1.807, 2.05) is 18.9 Å². The average molecular weight is 167 g/mol. The van der Waals surface area contributed by atoms with Gasteiger partial charge in [-0.2, -0.15) is 0 Å². The fraction of sp³-hybridized carbons (Fsp3) is 0.429. The highest BCUT2D eigenvalue weighted by Crippen LogP contribution is 2.08. The van der Waals surface area contributed by atoms with Crippen molar-refractivity contribution in [3.05, 3.63) is 12.4 Å². The van der Waals surface area contributed by atoms with Crippen LogP contribution in [0.4, 0.5) is 11.6 Å². The summed E-state index contributed by atoms with van der Waals surface area (Å²) in [6.07, 6.45) is 3.28. The maximum absolute atomic E-state index is 5.19. The molecule has 0 fully saturated rings. The van der Waals surface area contributed by atoms with Gasteiger partial charge in [0.25, 0.3) is 0 Å². The van der Waals surface area contributed by atoms with Crippen LogP contribution >= 0.6 is 0 Å². The summed E-state index contributed by atoms with van der Waals surface area (Å²) in [5.74, 6) is 6.58. The summed E-state index contributed by atoms with van der Waals surface area (Å²) >= 11 is 0. The summed E-state index contributed by atoms with van der Waals surface area (Å²) in [6.45, 7) is 2.94. The van der Waals surface area contributed by atoms with E-state index in [2.05, 4.69) is 15.4 Å². The molecule has 0 aliphatic heterocycles. The Kier molecular flexibility index (Phi) is 2.82. The van der Waals surface area contributed by atoms with Gasteiger partial charge in [-0.15, -0.1) is 0 Å². The van der Waals surface area contributed by atoms with Crippen LogP contribution in [0.25, 0.3) is 0 Å². The molecule has 1 rings (SSSR count). The molecule has 1 aromatic rings. The fourth-order valence-electron chi connectivity index (χ4n) is 0.771. The first-order chi connectivity index (χ1) is 5.77. The highest BCUT2D eigenvalue weighted by atomic mass is 15.3. The number of anilines is 2. The molecule has 3 N–H and O–H groups in total. The Morgan fingerprint density at radius 3 is 2.92 bits per heavy atom. The van der Waals surface area contributed by atoms with Crippen LogP contribution in [0.5, 0.6) is 0 Å². The van der Waals surface area contributed by atoms with Gasteiger partial charge in [-0.25, -0.2) is 10.8 Å². The first-order valence-corrected chi connectivity index (χ1v) is 3.77. The third kappa shape index (κ3) is 1.82. The predicted octanol–water partition coefficient (Wildman–Crippen LogP) is 0.218. The van der Waals surface area contributed by atoms with Crippen molar-refractivity contribution in [1.82, 2.24) is 9.97 Å². The smallest absolute Gasteiger partial charge is 0.160 e. The molecular formula is C7H13N5. The van der Waals surface area contributed by atoms with Gasteiger partial charge in [0.2, 0.25) is 0 Å². The molecule has 0 radical (unpaired) electrons. The van der Waals surface area contributed by atoms with Gasteiger partial charge in [0, 0.05) is 13.6 Å². The Morgan fingerprint density at radius 2 is 2.33 bits per heavy atom. The molecule has 0 saturated carbocycles. The minimum atomic E-state index is 0.577. The summed E-state index contributed by atoms with van der Waals surface area (Å²) in [5, 5.41) is 0. The summed E-state index contributed by atoms with van der Waals surface area (Å²) in [7, 11) is 1.95. The highest BCUT2D eigenvalue weighted by Gasteiger charge is 2.00. The van der Waals surface area contributed by atoms with E-state index in [4.69, 9.17) is 5.84 Å². The molecule has 66 valence electrons. The van der Waals surface area contributed by atoms with Crippen LogP contribution in [0.15, 0.2) is 12.4 Å². The number of rotatable bonds is 3. The van der Waals surface area contributed by atoms with Crippen molar-refractivity contribution in [2.24, 2.45) is 5.84 Å². The molecule has 5 nitrogen and oxygen atoms in total. The molecule has 0 atom stereocenters. The zero-order chi connectivity index (χ0) is 8.97. The highest BCUT2D eigenvalue weighted by molar-refractivity contribution is 5.42. The van der Waals surface area contributed by atoms with Crippen LogP contribution in [-0.2, 0) is 0 Å². The molecule has 1 aromatic heterocycles. The third-order valence-electron chi connectivity index (χ3n) is 1.64. The number of nitrogens with two attached hydrogens (primary N) is 1. The van der Waals surface area contributed by atoms with Crippen molar-refractivity contribution in [1.29, 1.82) is 0 Å². The van der Waals surface area contributed by atoms with Gasteiger partial charge in [-0.05, 0) is 6.92 Å². The van der Waals surface area contributed by atoms with Gasteiger partial charge >= 0.3 is 0 Å². The number of hydrogen-bond donors (Lipinski definition) is 2. The van der Waals surface area contributed by atoms with Gasteiger partial charge in [0.05, 0.1) is 12.4 Å². The topological polar surface area (TPSA) is 67.1 Å². The summed E-state index contributed by atoms with van der Waals surface area (Å²) < 4.78 is 0. The zero-order valence-electron chi connectivity index (χ0n) is 7.28. The van der Waals surface area contributed by atoms with E-state index in [1.165, 1.54) is 0 Å². The molecule has 0 aromatic carbocycles. The minimum Gasteiger partial charge on any atom is -0.359 e. The van der Waals surface area contributed by atoms with Gasteiger partial charge in [0.1, 0.15) is 5.82 Å². The second-order valence-electron chi connectivity index (χ2n) is 2.42. The molecule has 12 heavy (non-hydrogen) atoms. The van der Waals surface area contributed by atoms with Crippen molar-refractivity contribution >= 4 is 11.6 Å². The first kappa shape index (κ1) is 8.73. The largest absolute Gasteiger partial charge is 0.359 e. The van der Waals surface area contributed by atoms with Crippen molar-refractivity contribution < 1.29 is 0 Å². The van der Waals surface area contributed by atoms with Gasteiger partial charge in [-0.3, -0.25) is 4.98 Å². The molecule has 0 spiro atoms. The number of hydrazine groups is 1. The molecule has 1 heterocycles. The minimum absolute atomic E-state index is 0.577. The van der Waals surface area contributed by atoms with E-state index in [0.717, 1.165) is 12.4 Å². The van der Waals surface area contributed by atoms with Crippen LogP contribution in [0, 0.1) is 0 Å². The lowest BCUT2D eigenvalue weighted by Gasteiger charge is -2.14. The number of nitrogens with one attached hydrogen (secondary N) is 1. The fourth-order valence-corrected chi connectivity index (χ4v) is 0.771. The lowest BCUT2D eigenvalue weighted by atomic mass is 10.5. The third-order valence-corrected chi connectivity index (χ3v) is 1.64. The predicted molar refractivity (Wildman–Crippen MR) is 48.8 cm³/mol. The maximum atomic E-state index is 5.19. The summed E-state index contributed by atoms with van der Waals surface area (Å²) in [6, 6.07) is 0. The van der Waals surface area contributed by atoms with E-state index < -0.39 is 0 Å². The monoisotopic (exact) mass is 167 g/mol. The molecule has 0 aliphatic carbocycles.